The van der Waals surface area contributed by atoms with Gasteiger partial charge in [-0.3, -0.25) is 19.9 Å². The number of rotatable bonds is 4. The Morgan fingerprint density at radius 2 is 1.57 bits per heavy atom. The van der Waals surface area contributed by atoms with Crippen LogP contribution in [0.2, 0.25) is 0 Å². The van der Waals surface area contributed by atoms with E-state index in [1.165, 1.54) is 6.07 Å². The van der Waals surface area contributed by atoms with Crippen molar-refractivity contribution in [3.63, 3.8) is 0 Å². The fraction of sp³-hybridized carbons (Fsp3) is 0. The van der Waals surface area contributed by atoms with E-state index in [9.17, 15) is 14.9 Å². The number of nitrogens with zero attached hydrogens (tertiary/aromatic N) is 2. The fourth-order valence-corrected chi connectivity index (χ4v) is 3.80. The molecule has 0 aliphatic rings. The zero-order valence-corrected chi connectivity index (χ0v) is 15.7. The number of benzene rings is 3. The molecule has 2 heterocycles. The first-order chi connectivity index (χ1) is 14.6. The fourth-order valence-electron chi connectivity index (χ4n) is 3.80. The van der Waals surface area contributed by atoms with Crippen LogP contribution < -0.4 is 0 Å². The Hall–Kier alpha value is -4.32. The van der Waals surface area contributed by atoms with E-state index in [0.717, 1.165) is 16.3 Å². The zero-order chi connectivity index (χ0) is 20.7. The molecule has 5 aromatic rings. The average molecular weight is 393 g/mol. The van der Waals surface area contributed by atoms with Crippen molar-refractivity contribution < 1.29 is 9.72 Å². The van der Waals surface area contributed by atoms with E-state index in [2.05, 4.69) is 9.97 Å². The third-order valence-electron chi connectivity index (χ3n) is 5.17. The minimum Gasteiger partial charge on any atom is -0.354 e. The first-order valence-electron chi connectivity index (χ1n) is 9.38. The normalized spacial score (nSPS) is 11.1. The van der Waals surface area contributed by atoms with Crippen LogP contribution in [0.15, 0.2) is 85.1 Å². The summed E-state index contributed by atoms with van der Waals surface area (Å²) >= 11 is 0. The molecule has 0 amide bonds. The number of nitro groups is 1. The number of nitro benzene ring substituents is 1. The van der Waals surface area contributed by atoms with Crippen molar-refractivity contribution in [2.24, 2.45) is 0 Å². The second-order valence-electron chi connectivity index (χ2n) is 6.91. The molecule has 2 aromatic heterocycles. The number of aromatic amines is 1. The molecule has 0 fully saturated rings. The molecule has 0 unspecified atom stereocenters. The highest BCUT2D eigenvalue weighted by molar-refractivity contribution is 6.22. The molecular formula is C24H15N3O3. The molecule has 0 radical (unpaired) electrons. The van der Waals surface area contributed by atoms with Gasteiger partial charge in [-0.1, -0.05) is 60.7 Å². The number of carbonyl (C=O) groups is 1. The van der Waals surface area contributed by atoms with Gasteiger partial charge in [0.1, 0.15) is 0 Å². The van der Waals surface area contributed by atoms with E-state index in [-0.39, 0.29) is 17.2 Å². The minimum absolute atomic E-state index is 0.0948. The SMILES string of the molecule is O=C(c1ccccc1)c1c(-c2ccccc2[N+](=O)[O-])ncc2c1[nH]c1ccccc12. The van der Waals surface area contributed by atoms with Crippen molar-refractivity contribution >= 4 is 33.3 Å². The van der Waals surface area contributed by atoms with Gasteiger partial charge in [-0.25, -0.2) is 0 Å². The number of H-pyrrole nitrogens is 1. The molecule has 1 N–H and O–H groups in total. The number of hydrogen-bond donors (Lipinski definition) is 1. The number of aromatic nitrogens is 2. The standard InChI is InChI=1S/C24H15N3O3/c28-24(15-8-2-1-3-9-15)21-22(17-11-5-7-13-20(17)27(29)30)25-14-18-16-10-4-6-12-19(16)26-23(18)21/h1-14,26H. The molecule has 5 rings (SSSR count). The summed E-state index contributed by atoms with van der Waals surface area (Å²) in [5, 5.41) is 13.4. The van der Waals surface area contributed by atoms with E-state index in [1.807, 2.05) is 30.3 Å². The maximum atomic E-state index is 13.6. The number of para-hydroxylation sites is 2. The number of pyridine rings is 1. The third kappa shape index (κ3) is 2.74. The van der Waals surface area contributed by atoms with Gasteiger partial charge in [-0.05, 0) is 12.1 Å². The molecule has 3 aromatic carbocycles. The van der Waals surface area contributed by atoms with Gasteiger partial charge in [0.25, 0.3) is 5.69 Å². The number of hydrogen-bond acceptors (Lipinski definition) is 4. The van der Waals surface area contributed by atoms with E-state index < -0.39 is 4.92 Å². The smallest absolute Gasteiger partial charge is 0.278 e. The Labute approximate surface area is 171 Å². The molecule has 0 spiro atoms. The first kappa shape index (κ1) is 17.8. The van der Waals surface area contributed by atoms with Crippen molar-refractivity contribution in [2.45, 2.75) is 0 Å². The summed E-state index contributed by atoms with van der Waals surface area (Å²) in [7, 11) is 0. The zero-order valence-electron chi connectivity index (χ0n) is 15.7. The lowest BCUT2D eigenvalue weighted by Crippen LogP contribution is -2.07. The van der Waals surface area contributed by atoms with Crippen molar-refractivity contribution in [1.82, 2.24) is 9.97 Å². The lowest BCUT2D eigenvalue weighted by molar-refractivity contribution is -0.384. The monoisotopic (exact) mass is 393 g/mol. The van der Waals surface area contributed by atoms with Gasteiger partial charge in [0.2, 0.25) is 0 Å². The molecule has 30 heavy (non-hydrogen) atoms. The Balaban J connectivity index is 1.89. The molecule has 0 saturated heterocycles. The van der Waals surface area contributed by atoms with Crippen LogP contribution in [0.1, 0.15) is 15.9 Å². The molecule has 0 atom stereocenters. The van der Waals surface area contributed by atoms with Gasteiger partial charge in [0, 0.05) is 34.1 Å². The second-order valence-corrected chi connectivity index (χ2v) is 6.91. The quantitative estimate of drug-likeness (QED) is 0.247. The summed E-state index contributed by atoms with van der Waals surface area (Å²) < 4.78 is 0. The molecule has 6 nitrogen and oxygen atoms in total. The van der Waals surface area contributed by atoms with Crippen LogP contribution in [0.5, 0.6) is 0 Å². The number of nitrogens with one attached hydrogen (secondary N) is 1. The highest BCUT2D eigenvalue weighted by Gasteiger charge is 2.26. The molecule has 6 heteroatoms. The molecule has 0 saturated carbocycles. The summed E-state index contributed by atoms with van der Waals surface area (Å²) in [6.45, 7) is 0. The lowest BCUT2D eigenvalue weighted by atomic mass is 9.95. The maximum Gasteiger partial charge on any atom is 0.278 e. The minimum atomic E-state index is -0.455. The lowest BCUT2D eigenvalue weighted by Gasteiger charge is -2.10. The maximum absolute atomic E-state index is 13.6. The molecular weight excluding hydrogens is 378 g/mol. The van der Waals surface area contributed by atoms with Crippen LogP contribution in [0.4, 0.5) is 5.69 Å². The van der Waals surface area contributed by atoms with Crippen LogP contribution in [-0.4, -0.2) is 20.7 Å². The first-order valence-corrected chi connectivity index (χ1v) is 9.38. The highest BCUT2D eigenvalue weighted by Crippen LogP contribution is 2.37. The number of fused-ring (bicyclic) bond motifs is 3. The number of ketones is 1. The Morgan fingerprint density at radius 1 is 0.867 bits per heavy atom. The Bertz CT molecular complexity index is 1440. The summed E-state index contributed by atoms with van der Waals surface area (Å²) in [5.74, 6) is -0.242. The van der Waals surface area contributed by atoms with Gasteiger partial charge in [0.05, 0.1) is 27.3 Å². The second kappa shape index (κ2) is 6.93. The summed E-state index contributed by atoms with van der Waals surface area (Å²) in [6.07, 6.45) is 1.67. The molecule has 144 valence electrons. The van der Waals surface area contributed by atoms with E-state index >= 15 is 0 Å². The average Bonchev–Trinajstić information content (AvgIpc) is 3.17. The Kier molecular flexibility index (Phi) is 4.10. The van der Waals surface area contributed by atoms with Crippen LogP contribution in [-0.2, 0) is 0 Å². The van der Waals surface area contributed by atoms with Crippen LogP contribution in [0.3, 0.4) is 0 Å². The van der Waals surface area contributed by atoms with E-state index in [0.29, 0.717) is 22.2 Å². The topological polar surface area (TPSA) is 88.9 Å². The Morgan fingerprint density at radius 3 is 2.37 bits per heavy atom. The summed E-state index contributed by atoms with van der Waals surface area (Å²) in [6, 6.07) is 22.9. The predicted octanol–water partition coefficient (Wildman–Crippen LogP) is 5.52. The molecule has 0 bridgehead atoms. The van der Waals surface area contributed by atoms with E-state index in [4.69, 9.17) is 0 Å². The highest BCUT2D eigenvalue weighted by atomic mass is 16.6. The third-order valence-corrected chi connectivity index (χ3v) is 5.17. The van der Waals surface area contributed by atoms with E-state index in [1.54, 1.807) is 48.7 Å². The van der Waals surface area contributed by atoms with Gasteiger partial charge in [0.15, 0.2) is 5.78 Å². The van der Waals surface area contributed by atoms with Gasteiger partial charge < -0.3 is 4.98 Å². The summed E-state index contributed by atoms with van der Waals surface area (Å²) in [5.41, 5.74) is 2.80. The van der Waals surface area contributed by atoms with Crippen molar-refractivity contribution in [3.8, 4) is 11.3 Å². The molecule has 0 aliphatic heterocycles. The summed E-state index contributed by atoms with van der Waals surface area (Å²) in [4.78, 5) is 32.6. The van der Waals surface area contributed by atoms with Crippen LogP contribution in [0.25, 0.3) is 33.1 Å². The largest absolute Gasteiger partial charge is 0.354 e. The molecule has 0 aliphatic carbocycles. The van der Waals surface area contributed by atoms with Gasteiger partial charge in [-0.2, -0.15) is 0 Å². The van der Waals surface area contributed by atoms with Crippen LogP contribution in [0, 0.1) is 10.1 Å². The van der Waals surface area contributed by atoms with Crippen molar-refractivity contribution in [1.29, 1.82) is 0 Å². The van der Waals surface area contributed by atoms with Gasteiger partial charge >= 0.3 is 0 Å². The predicted molar refractivity (Wildman–Crippen MR) is 116 cm³/mol. The van der Waals surface area contributed by atoms with Crippen LogP contribution >= 0.6 is 0 Å². The van der Waals surface area contributed by atoms with Crippen molar-refractivity contribution in [2.75, 3.05) is 0 Å². The number of carbonyl (C=O) groups excluding carboxylic acids is 1. The van der Waals surface area contributed by atoms with Crippen molar-refractivity contribution in [3.05, 3.63) is 106 Å². The van der Waals surface area contributed by atoms with Gasteiger partial charge in [-0.15, -0.1) is 0 Å².